The molecule has 0 unspecified atom stereocenters. The number of rotatable bonds is 2. The number of nitrogens with two attached hydrogens (primary N) is 1. The highest BCUT2D eigenvalue weighted by Gasteiger charge is 2.09. The van der Waals surface area contributed by atoms with Crippen LogP contribution in [0.2, 0.25) is 0 Å². The van der Waals surface area contributed by atoms with Crippen LogP contribution in [-0.2, 0) is 6.54 Å². The Morgan fingerprint density at radius 1 is 1.27 bits per heavy atom. The van der Waals surface area contributed by atoms with E-state index in [1.54, 1.807) is 6.07 Å². The van der Waals surface area contributed by atoms with Crippen molar-refractivity contribution >= 4 is 11.5 Å². The molecule has 0 bridgehead atoms. The molecule has 78 valence electrons. The average molecular weight is 226 g/mol. The first-order valence-corrected chi connectivity index (χ1v) is 5.09. The van der Waals surface area contributed by atoms with Gasteiger partial charge in [0.1, 0.15) is 11.6 Å². The molecule has 0 radical (unpaired) electrons. The van der Waals surface area contributed by atoms with E-state index in [4.69, 9.17) is 5.73 Å². The Hall–Kier alpha value is -1.33. The first kappa shape index (κ1) is 10.2. The smallest absolute Gasteiger partial charge is 0.135 e. The zero-order chi connectivity index (χ0) is 10.8. The zero-order valence-electron chi connectivity index (χ0n) is 7.71. The molecular weight excluding hydrogens is 218 g/mol. The van der Waals surface area contributed by atoms with Gasteiger partial charge in [0.05, 0.1) is 5.69 Å². The highest BCUT2D eigenvalue weighted by molar-refractivity contribution is 7.06. The fourth-order valence-corrected chi connectivity index (χ4v) is 1.84. The summed E-state index contributed by atoms with van der Waals surface area (Å²) >= 11 is 1.22. The summed E-state index contributed by atoms with van der Waals surface area (Å²) in [6.07, 6.45) is 0. The van der Waals surface area contributed by atoms with Crippen molar-refractivity contribution in [2.24, 2.45) is 5.73 Å². The molecule has 2 rings (SSSR count). The lowest BCUT2D eigenvalue weighted by molar-refractivity contribution is 0.585. The summed E-state index contributed by atoms with van der Waals surface area (Å²) < 4.78 is 30.0. The third-order valence-electron chi connectivity index (χ3n) is 1.97. The summed E-state index contributed by atoms with van der Waals surface area (Å²) in [4.78, 5) is 0.869. The predicted molar refractivity (Wildman–Crippen MR) is 55.4 cm³/mol. The molecule has 0 saturated carbocycles. The van der Waals surface area contributed by atoms with Gasteiger partial charge in [-0.15, -0.1) is 0 Å². The number of halogens is 2. The molecule has 1 heterocycles. The number of hydrogen-bond donors (Lipinski definition) is 1. The molecule has 2 nitrogen and oxygen atoms in total. The van der Waals surface area contributed by atoms with Crippen molar-refractivity contribution in [2.45, 2.75) is 6.54 Å². The van der Waals surface area contributed by atoms with Crippen molar-refractivity contribution in [1.82, 2.24) is 4.37 Å². The summed E-state index contributed by atoms with van der Waals surface area (Å²) in [7, 11) is 0. The highest BCUT2D eigenvalue weighted by atomic mass is 32.1. The van der Waals surface area contributed by atoms with Crippen molar-refractivity contribution in [2.75, 3.05) is 0 Å². The van der Waals surface area contributed by atoms with Gasteiger partial charge in [0.2, 0.25) is 0 Å². The Morgan fingerprint density at radius 2 is 2.07 bits per heavy atom. The maximum Gasteiger partial charge on any atom is 0.135 e. The third-order valence-corrected chi connectivity index (χ3v) is 2.77. The maximum absolute atomic E-state index is 13.3. The van der Waals surface area contributed by atoms with E-state index in [9.17, 15) is 8.78 Å². The van der Waals surface area contributed by atoms with Gasteiger partial charge < -0.3 is 5.73 Å². The van der Waals surface area contributed by atoms with Gasteiger partial charge >= 0.3 is 0 Å². The van der Waals surface area contributed by atoms with Crippen molar-refractivity contribution in [1.29, 1.82) is 0 Å². The normalized spacial score (nSPS) is 10.6. The quantitative estimate of drug-likeness (QED) is 0.854. The maximum atomic E-state index is 13.3. The van der Waals surface area contributed by atoms with Crippen LogP contribution in [0.25, 0.3) is 11.3 Å². The highest BCUT2D eigenvalue weighted by Crippen LogP contribution is 2.24. The molecule has 0 fully saturated rings. The number of nitrogens with zero attached hydrogens (tertiary/aromatic N) is 1. The van der Waals surface area contributed by atoms with Crippen molar-refractivity contribution in [3.63, 3.8) is 0 Å². The molecule has 15 heavy (non-hydrogen) atoms. The molecule has 2 aromatic rings. The molecule has 0 amide bonds. The summed E-state index contributed by atoms with van der Waals surface area (Å²) in [6.45, 7) is 0.375. The molecule has 0 saturated heterocycles. The molecule has 0 spiro atoms. The Balaban J connectivity index is 2.44. The molecule has 0 aliphatic rings. The standard InChI is InChI=1S/C10H8F2N2S/c11-6-1-2-8(9(12)3-6)10-4-7(5-13)15-14-10/h1-4H,5,13H2. The SMILES string of the molecule is NCc1cc(-c2ccc(F)cc2F)ns1. The number of aromatic nitrogens is 1. The van der Waals surface area contributed by atoms with Gasteiger partial charge in [-0.3, -0.25) is 0 Å². The lowest BCUT2D eigenvalue weighted by atomic mass is 10.1. The van der Waals surface area contributed by atoms with Crippen LogP contribution in [0, 0.1) is 11.6 Å². The minimum Gasteiger partial charge on any atom is -0.326 e. The van der Waals surface area contributed by atoms with E-state index in [0.29, 0.717) is 17.8 Å². The second-order valence-corrected chi connectivity index (χ2v) is 3.90. The molecule has 0 aliphatic carbocycles. The van der Waals surface area contributed by atoms with Gasteiger partial charge in [0.15, 0.2) is 0 Å². The summed E-state index contributed by atoms with van der Waals surface area (Å²) in [5, 5.41) is 0. The molecule has 1 aromatic heterocycles. The van der Waals surface area contributed by atoms with Gasteiger partial charge in [0, 0.05) is 23.1 Å². The largest absolute Gasteiger partial charge is 0.326 e. The Morgan fingerprint density at radius 3 is 2.67 bits per heavy atom. The van der Waals surface area contributed by atoms with E-state index < -0.39 is 11.6 Å². The number of hydrogen-bond acceptors (Lipinski definition) is 3. The van der Waals surface area contributed by atoms with Crippen LogP contribution in [-0.4, -0.2) is 4.37 Å². The lowest BCUT2D eigenvalue weighted by Gasteiger charge is -1.98. The van der Waals surface area contributed by atoms with Crippen LogP contribution in [0.3, 0.4) is 0 Å². The van der Waals surface area contributed by atoms with Gasteiger partial charge in [-0.25, -0.2) is 8.78 Å². The molecule has 2 N–H and O–H groups in total. The fraction of sp³-hybridized carbons (Fsp3) is 0.100. The van der Waals surface area contributed by atoms with Crippen LogP contribution < -0.4 is 5.73 Å². The fourth-order valence-electron chi connectivity index (χ4n) is 1.23. The van der Waals surface area contributed by atoms with E-state index in [1.807, 2.05) is 0 Å². The summed E-state index contributed by atoms with van der Waals surface area (Å²) in [5.41, 5.74) is 6.22. The van der Waals surface area contributed by atoms with Gasteiger partial charge in [-0.1, -0.05) is 0 Å². The topological polar surface area (TPSA) is 38.9 Å². The van der Waals surface area contributed by atoms with Gasteiger partial charge in [-0.05, 0) is 29.7 Å². The van der Waals surface area contributed by atoms with E-state index >= 15 is 0 Å². The van der Waals surface area contributed by atoms with E-state index in [0.717, 1.165) is 10.9 Å². The molecule has 0 atom stereocenters. The molecular formula is C10H8F2N2S. The lowest BCUT2D eigenvalue weighted by Crippen LogP contribution is -1.91. The van der Waals surface area contributed by atoms with Crippen LogP contribution >= 0.6 is 11.5 Å². The van der Waals surface area contributed by atoms with E-state index in [1.165, 1.54) is 23.7 Å². The van der Waals surface area contributed by atoms with Crippen LogP contribution in [0.5, 0.6) is 0 Å². The monoisotopic (exact) mass is 226 g/mol. The van der Waals surface area contributed by atoms with Gasteiger partial charge in [0.25, 0.3) is 0 Å². The zero-order valence-corrected chi connectivity index (χ0v) is 8.52. The van der Waals surface area contributed by atoms with Crippen LogP contribution in [0.1, 0.15) is 4.88 Å². The minimum absolute atomic E-state index is 0.298. The summed E-state index contributed by atoms with van der Waals surface area (Å²) in [6, 6.07) is 5.14. The second kappa shape index (κ2) is 4.04. The predicted octanol–water partition coefficient (Wildman–Crippen LogP) is 2.55. The Bertz CT molecular complexity index is 482. The van der Waals surface area contributed by atoms with E-state index in [2.05, 4.69) is 4.37 Å². The second-order valence-electron chi connectivity index (χ2n) is 3.01. The Kier molecular flexibility index (Phi) is 2.75. The number of benzene rings is 1. The van der Waals surface area contributed by atoms with Crippen molar-refractivity contribution in [3.05, 3.63) is 40.8 Å². The third kappa shape index (κ3) is 2.03. The first-order chi connectivity index (χ1) is 7.20. The van der Waals surface area contributed by atoms with Crippen LogP contribution in [0.15, 0.2) is 24.3 Å². The van der Waals surface area contributed by atoms with Gasteiger partial charge in [-0.2, -0.15) is 4.37 Å². The molecule has 1 aromatic carbocycles. The average Bonchev–Trinajstić information content (AvgIpc) is 2.66. The van der Waals surface area contributed by atoms with Crippen LogP contribution in [0.4, 0.5) is 8.78 Å². The van der Waals surface area contributed by atoms with Crippen molar-refractivity contribution < 1.29 is 8.78 Å². The Labute approximate surface area is 89.5 Å². The minimum atomic E-state index is -0.608. The summed E-state index contributed by atoms with van der Waals surface area (Å²) in [5.74, 6) is -1.20. The van der Waals surface area contributed by atoms with Crippen molar-refractivity contribution in [3.8, 4) is 11.3 Å². The van der Waals surface area contributed by atoms with E-state index in [-0.39, 0.29) is 0 Å². The first-order valence-electron chi connectivity index (χ1n) is 4.32. The molecule has 0 aliphatic heterocycles. The molecule has 5 heteroatoms.